The summed E-state index contributed by atoms with van der Waals surface area (Å²) in [6.07, 6.45) is 5.80. The highest BCUT2D eigenvalue weighted by Crippen LogP contribution is 2.18. The first-order chi connectivity index (χ1) is 7.83. The second kappa shape index (κ2) is 5.96. The average Bonchev–Trinajstić information content (AvgIpc) is 2.67. The molecule has 0 unspecified atom stereocenters. The van der Waals surface area contributed by atoms with Gasteiger partial charge in [-0.2, -0.15) is 0 Å². The van der Waals surface area contributed by atoms with Gasteiger partial charge in [-0.05, 0) is 18.2 Å². The summed E-state index contributed by atoms with van der Waals surface area (Å²) in [4.78, 5) is 0. The van der Waals surface area contributed by atoms with Crippen molar-refractivity contribution in [1.29, 1.82) is 0 Å². The molecule has 0 atom stereocenters. The Hall–Kier alpha value is -1.76. The third-order valence-corrected chi connectivity index (χ3v) is 2.39. The molecule has 1 heteroatoms. The number of aromatic nitrogens is 1. The molecule has 2 rings (SSSR count). The van der Waals surface area contributed by atoms with Crippen molar-refractivity contribution in [2.75, 3.05) is 0 Å². The van der Waals surface area contributed by atoms with Crippen LogP contribution in [0.1, 0.15) is 19.5 Å². The Morgan fingerprint density at radius 1 is 1.19 bits per heavy atom. The molecule has 0 saturated heterocycles. The summed E-state index contributed by atoms with van der Waals surface area (Å²) in [6, 6.07) is 10.5. The van der Waals surface area contributed by atoms with Crippen molar-refractivity contribution in [1.82, 2.24) is 4.57 Å². The van der Waals surface area contributed by atoms with Crippen LogP contribution in [0.4, 0.5) is 0 Å². The van der Waals surface area contributed by atoms with E-state index in [2.05, 4.69) is 54.6 Å². The molecule has 0 aliphatic carbocycles. The van der Waals surface area contributed by atoms with Crippen molar-refractivity contribution >= 4 is 17.0 Å². The lowest BCUT2D eigenvalue weighted by Gasteiger charge is -1.97. The van der Waals surface area contributed by atoms with Crippen LogP contribution in [0.3, 0.4) is 0 Å². The molecule has 1 aromatic heterocycles. The standard InChI is InChI=1S/C13H13N.C2H6/c1-3-4-8-12-10-11-7-5-6-9-13(11)14(12)2;1-2/h3-10H,1H2,2H3;1-2H3/b8-4-;. The molecule has 2 aromatic rings. The van der Waals surface area contributed by atoms with Crippen LogP contribution in [0, 0.1) is 0 Å². The molecule has 84 valence electrons. The van der Waals surface area contributed by atoms with Crippen molar-refractivity contribution in [3.63, 3.8) is 0 Å². The van der Waals surface area contributed by atoms with E-state index < -0.39 is 0 Å². The molecule has 0 aliphatic rings. The number of aryl methyl sites for hydroxylation is 1. The molecular formula is C15H19N. The van der Waals surface area contributed by atoms with Gasteiger partial charge in [0.15, 0.2) is 0 Å². The Labute approximate surface area is 97.7 Å². The SMILES string of the molecule is C=C/C=C\c1cc2ccccc2n1C.CC. The van der Waals surface area contributed by atoms with Gasteiger partial charge in [-0.3, -0.25) is 0 Å². The van der Waals surface area contributed by atoms with E-state index >= 15 is 0 Å². The lowest BCUT2D eigenvalue weighted by atomic mass is 10.2. The molecule has 0 N–H and O–H groups in total. The van der Waals surface area contributed by atoms with Gasteiger partial charge in [0.05, 0.1) is 0 Å². The number of rotatable bonds is 2. The molecule has 0 aliphatic heterocycles. The van der Waals surface area contributed by atoms with Crippen LogP contribution in [0.2, 0.25) is 0 Å². The Kier molecular flexibility index (Phi) is 4.59. The summed E-state index contributed by atoms with van der Waals surface area (Å²) in [6.45, 7) is 7.66. The van der Waals surface area contributed by atoms with Crippen LogP contribution in [-0.2, 0) is 7.05 Å². The molecule has 16 heavy (non-hydrogen) atoms. The Bertz CT molecular complexity index is 489. The molecule has 0 radical (unpaired) electrons. The molecule has 0 spiro atoms. The summed E-state index contributed by atoms with van der Waals surface area (Å²) in [5.41, 5.74) is 2.46. The maximum absolute atomic E-state index is 3.66. The zero-order chi connectivity index (χ0) is 12.0. The molecule has 0 bridgehead atoms. The zero-order valence-electron chi connectivity index (χ0n) is 10.3. The van der Waals surface area contributed by atoms with E-state index in [1.54, 1.807) is 6.08 Å². The topological polar surface area (TPSA) is 4.93 Å². The summed E-state index contributed by atoms with van der Waals surface area (Å²) in [5, 5.41) is 1.28. The van der Waals surface area contributed by atoms with Gasteiger partial charge >= 0.3 is 0 Å². The van der Waals surface area contributed by atoms with E-state index in [-0.39, 0.29) is 0 Å². The highest BCUT2D eigenvalue weighted by molar-refractivity contribution is 5.83. The predicted octanol–water partition coefficient (Wildman–Crippen LogP) is 4.40. The van der Waals surface area contributed by atoms with Gasteiger partial charge in [0, 0.05) is 23.6 Å². The first-order valence-corrected chi connectivity index (χ1v) is 5.66. The van der Waals surface area contributed by atoms with Crippen molar-refractivity contribution in [2.24, 2.45) is 7.05 Å². The molecule has 0 amide bonds. The van der Waals surface area contributed by atoms with E-state index in [0.29, 0.717) is 0 Å². The normalized spacial score (nSPS) is 10.2. The van der Waals surface area contributed by atoms with Crippen LogP contribution in [-0.4, -0.2) is 4.57 Å². The first-order valence-electron chi connectivity index (χ1n) is 5.66. The van der Waals surface area contributed by atoms with Crippen molar-refractivity contribution in [3.8, 4) is 0 Å². The minimum atomic E-state index is 1.20. The molecule has 0 saturated carbocycles. The number of nitrogens with zero attached hydrogens (tertiary/aromatic N) is 1. The van der Waals surface area contributed by atoms with Crippen LogP contribution < -0.4 is 0 Å². The smallest absolute Gasteiger partial charge is 0.0482 e. The van der Waals surface area contributed by atoms with Gasteiger partial charge in [0.25, 0.3) is 0 Å². The number of allylic oxidation sites excluding steroid dienone is 2. The van der Waals surface area contributed by atoms with Crippen molar-refractivity contribution in [3.05, 3.63) is 54.8 Å². The van der Waals surface area contributed by atoms with Gasteiger partial charge < -0.3 is 4.57 Å². The maximum Gasteiger partial charge on any atom is 0.0482 e. The molecule has 1 nitrogen and oxygen atoms in total. The molecule has 0 fully saturated rings. The second-order valence-electron chi connectivity index (χ2n) is 3.28. The maximum atomic E-state index is 3.66. The second-order valence-corrected chi connectivity index (χ2v) is 3.28. The van der Waals surface area contributed by atoms with Crippen LogP contribution in [0.15, 0.2) is 49.1 Å². The summed E-state index contributed by atoms with van der Waals surface area (Å²) < 4.78 is 2.18. The van der Waals surface area contributed by atoms with E-state index in [0.717, 1.165) is 0 Å². The minimum absolute atomic E-state index is 1.20. The number of para-hydroxylation sites is 1. The third-order valence-electron chi connectivity index (χ3n) is 2.39. The third kappa shape index (κ3) is 2.43. The Balaban J connectivity index is 0.000000606. The fraction of sp³-hybridized carbons (Fsp3) is 0.200. The summed E-state index contributed by atoms with van der Waals surface area (Å²) in [7, 11) is 2.07. The highest BCUT2D eigenvalue weighted by Gasteiger charge is 2.00. The number of hydrogen-bond acceptors (Lipinski definition) is 0. The van der Waals surface area contributed by atoms with E-state index in [9.17, 15) is 0 Å². The molecule has 1 heterocycles. The average molecular weight is 213 g/mol. The fourth-order valence-electron chi connectivity index (χ4n) is 1.64. The number of fused-ring (bicyclic) bond motifs is 1. The van der Waals surface area contributed by atoms with Crippen LogP contribution >= 0.6 is 0 Å². The lowest BCUT2D eigenvalue weighted by Crippen LogP contribution is -1.88. The van der Waals surface area contributed by atoms with Gasteiger partial charge in [-0.15, -0.1) is 0 Å². The quantitative estimate of drug-likeness (QED) is 0.651. The van der Waals surface area contributed by atoms with Gasteiger partial charge in [0.2, 0.25) is 0 Å². The molecule has 1 aromatic carbocycles. The number of benzene rings is 1. The fourth-order valence-corrected chi connectivity index (χ4v) is 1.64. The minimum Gasteiger partial charge on any atom is -0.344 e. The summed E-state index contributed by atoms with van der Waals surface area (Å²) >= 11 is 0. The van der Waals surface area contributed by atoms with Crippen molar-refractivity contribution in [2.45, 2.75) is 13.8 Å². The lowest BCUT2D eigenvalue weighted by molar-refractivity contribution is 0.955. The first kappa shape index (κ1) is 12.3. The van der Waals surface area contributed by atoms with Gasteiger partial charge in [-0.1, -0.05) is 50.8 Å². The highest BCUT2D eigenvalue weighted by atomic mass is 14.9. The van der Waals surface area contributed by atoms with E-state index in [1.807, 2.05) is 19.9 Å². The summed E-state index contributed by atoms with van der Waals surface area (Å²) in [5.74, 6) is 0. The van der Waals surface area contributed by atoms with Crippen LogP contribution in [0.25, 0.3) is 17.0 Å². The van der Waals surface area contributed by atoms with E-state index in [1.165, 1.54) is 16.6 Å². The Morgan fingerprint density at radius 2 is 1.88 bits per heavy atom. The van der Waals surface area contributed by atoms with Gasteiger partial charge in [0.1, 0.15) is 0 Å². The monoisotopic (exact) mass is 213 g/mol. The Morgan fingerprint density at radius 3 is 2.50 bits per heavy atom. The largest absolute Gasteiger partial charge is 0.344 e. The van der Waals surface area contributed by atoms with Crippen molar-refractivity contribution < 1.29 is 0 Å². The van der Waals surface area contributed by atoms with Gasteiger partial charge in [-0.25, -0.2) is 0 Å². The molecular weight excluding hydrogens is 194 g/mol. The predicted molar refractivity (Wildman–Crippen MR) is 73.5 cm³/mol. The van der Waals surface area contributed by atoms with Crippen LogP contribution in [0.5, 0.6) is 0 Å². The zero-order valence-corrected chi connectivity index (χ0v) is 10.3. The number of hydrogen-bond donors (Lipinski definition) is 0. The van der Waals surface area contributed by atoms with E-state index in [4.69, 9.17) is 0 Å².